The summed E-state index contributed by atoms with van der Waals surface area (Å²) in [6.45, 7) is 1.88. The summed E-state index contributed by atoms with van der Waals surface area (Å²) in [5.41, 5.74) is 0.865. The van der Waals surface area contributed by atoms with E-state index in [1.807, 2.05) is 19.1 Å². The zero-order valence-electron chi connectivity index (χ0n) is 10.6. The van der Waals surface area contributed by atoms with E-state index in [1.54, 1.807) is 6.20 Å². The smallest absolute Gasteiger partial charge is 0.239 e. The van der Waals surface area contributed by atoms with Gasteiger partial charge in [-0.1, -0.05) is 18.2 Å². The third kappa shape index (κ3) is 1.26. The van der Waals surface area contributed by atoms with Crippen molar-refractivity contribution in [2.45, 2.75) is 13.3 Å². The molecule has 19 heavy (non-hydrogen) atoms. The van der Waals surface area contributed by atoms with Crippen LogP contribution in [0.1, 0.15) is 12.0 Å². The molecule has 96 valence electrons. The first-order valence-corrected chi connectivity index (χ1v) is 6.66. The maximum absolute atomic E-state index is 12.6. The van der Waals surface area contributed by atoms with E-state index in [1.165, 1.54) is 4.90 Å². The zero-order valence-corrected chi connectivity index (χ0v) is 10.6. The van der Waals surface area contributed by atoms with E-state index in [2.05, 4.69) is 17.1 Å². The SMILES string of the molecule is Cc1cccnc1N1C(=O)[C@@H]2[C@H](C1=O)[C@H]1C=C[C@@H]2C1. The fourth-order valence-corrected chi connectivity index (χ4v) is 3.82. The van der Waals surface area contributed by atoms with Crippen molar-refractivity contribution >= 4 is 17.6 Å². The number of rotatable bonds is 1. The van der Waals surface area contributed by atoms with Crippen molar-refractivity contribution in [2.75, 3.05) is 4.90 Å². The monoisotopic (exact) mass is 254 g/mol. The summed E-state index contributed by atoms with van der Waals surface area (Å²) >= 11 is 0. The van der Waals surface area contributed by atoms with Gasteiger partial charge in [-0.3, -0.25) is 9.59 Å². The van der Waals surface area contributed by atoms with E-state index < -0.39 is 0 Å². The molecule has 1 aromatic heterocycles. The number of anilines is 1. The summed E-state index contributed by atoms with van der Waals surface area (Å²) in [6, 6.07) is 3.69. The van der Waals surface area contributed by atoms with Crippen molar-refractivity contribution < 1.29 is 9.59 Å². The molecule has 2 bridgehead atoms. The Morgan fingerprint density at radius 1 is 1.16 bits per heavy atom. The van der Waals surface area contributed by atoms with E-state index in [0.29, 0.717) is 5.82 Å². The Morgan fingerprint density at radius 2 is 1.79 bits per heavy atom. The lowest BCUT2D eigenvalue weighted by atomic mass is 9.85. The molecule has 1 aliphatic heterocycles. The van der Waals surface area contributed by atoms with E-state index >= 15 is 0 Å². The third-order valence-electron chi connectivity index (χ3n) is 4.66. The van der Waals surface area contributed by atoms with Gasteiger partial charge in [0, 0.05) is 6.20 Å². The molecule has 4 heteroatoms. The van der Waals surface area contributed by atoms with Gasteiger partial charge in [0.2, 0.25) is 11.8 Å². The first-order valence-electron chi connectivity index (χ1n) is 6.66. The fraction of sp³-hybridized carbons (Fsp3) is 0.400. The van der Waals surface area contributed by atoms with Crippen LogP contribution in [0.4, 0.5) is 5.82 Å². The molecular weight excluding hydrogens is 240 g/mol. The molecule has 0 radical (unpaired) electrons. The minimum absolute atomic E-state index is 0.0614. The van der Waals surface area contributed by atoms with Gasteiger partial charge >= 0.3 is 0 Å². The van der Waals surface area contributed by atoms with Crippen LogP contribution in [0.15, 0.2) is 30.5 Å². The second-order valence-corrected chi connectivity index (χ2v) is 5.66. The Bertz CT molecular complexity index is 592. The van der Waals surface area contributed by atoms with Gasteiger partial charge < -0.3 is 0 Å². The summed E-state index contributed by atoms with van der Waals surface area (Å²) in [5.74, 6) is 0.586. The normalized spacial score (nSPS) is 35.3. The number of fused-ring (bicyclic) bond motifs is 5. The molecule has 4 atom stereocenters. The topological polar surface area (TPSA) is 50.3 Å². The molecular formula is C15H14N2O2. The molecule has 4 rings (SSSR count). The predicted octanol–water partition coefficient (Wildman–Crippen LogP) is 1.70. The lowest BCUT2D eigenvalue weighted by Gasteiger charge is -2.17. The van der Waals surface area contributed by atoms with Gasteiger partial charge in [0.25, 0.3) is 0 Å². The Labute approximate surface area is 111 Å². The lowest BCUT2D eigenvalue weighted by molar-refractivity contribution is -0.123. The predicted molar refractivity (Wildman–Crippen MR) is 69.2 cm³/mol. The van der Waals surface area contributed by atoms with Crippen LogP contribution in [0.2, 0.25) is 0 Å². The molecule has 0 unspecified atom stereocenters. The van der Waals surface area contributed by atoms with Gasteiger partial charge in [0.15, 0.2) is 0 Å². The van der Waals surface area contributed by atoms with E-state index in [-0.39, 0.29) is 35.5 Å². The maximum Gasteiger partial charge on any atom is 0.239 e. The van der Waals surface area contributed by atoms with Crippen molar-refractivity contribution in [3.05, 3.63) is 36.0 Å². The van der Waals surface area contributed by atoms with Crippen LogP contribution in [0.25, 0.3) is 0 Å². The summed E-state index contributed by atoms with van der Waals surface area (Å²) < 4.78 is 0. The number of hydrogen-bond donors (Lipinski definition) is 0. The summed E-state index contributed by atoms with van der Waals surface area (Å²) in [7, 11) is 0. The number of amides is 2. The van der Waals surface area contributed by atoms with Gasteiger partial charge in [-0.05, 0) is 36.8 Å². The second-order valence-electron chi connectivity index (χ2n) is 5.66. The van der Waals surface area contributed by atoms with Crippen molar-refractivity contribution in [3.8, 4) is 0 Å². The lowest BCUT2D eigenvalue weighted by Crippen LogP contribution is -2.34. The number of carbonyl (C=O) groups is 2. The minimum atomic E-state index is -0.149. The van der Waals surface area contributed by atoms with Crippen molar-refractivity contribution in [3.63, 3.8) is 0 Å². The molecule has 2 heterocycles. The summed E-state index contributed by atoms with van der Waals surface area (Å²) in [4.78, 5) is 30.7. The molecule has 3 aliphatic rings. The maximum atomic E-state index is 12.6. The average Bonchev–Trinajstić information content (AvgIpc) is 3.06. The number of aromatic nitrogens is 1. The van der Waals surface area contributed by atoms with Crippen LogP contribution in [-0.4, -0.2) is 16.8 Å². The molecule has 0 aromatic carbocycles. The first-order chi connectivity index (χ1) is 9.18. The molecule has 0 spiro atoms. The zero-order chi connectivity index (χ0) is 13.1. The minimum Gasteiger partial charge on any atom is -0.274 e. The Kier molecular flexibility index (Phi) is 2.03. The Balaban J connectivity index is 1.79. The highest BCUT2D eigenvalue weighted by molar-refractivity contribution is 6.22. The van der Waals surface area contributed by atoms with Gasteiger partial charge in [-0.25, -0.2) is 9.88 Å². The van der Waals surface area contributed by atoms with Crippen LogP contribution in [0.3, 0.4) is 0 Å². The second kappa shape index (κ2) is 3.53. The van der Waals surface area contributed by atoms with Crippen LogP contribution < -0.4 is 4.90 Å². The number of imide groups is 1. The molecule has 1 aromatic rings. The van der Waals surface area contributed by atoms with Crippen molar-refractivity contribution in [1.29, 1.82) is 0 Å². The number of carbonyl (C=O) groups excluding carboxylic acids is 2. The molecule has 0 N–H and O–H groups in total. The van der Waals surface area contributed by atoms with Gasteiger partial charge in [-0.2, -0.15) is 0 Å². The molecule has 2 amide bonds. The van der Waals surface area contributed by atoms with E-state index in [4.69, 9.17) is 0 Å². The van der Waals surface area contributed by atoms with Gasteiger partial charge in [-0.15, -0.1) is 0 Å². The quantitative estimate of drug-likeness (QED) is 0.566. The van der Waals surface area contributed by atoms with Crippen molar-refractivity contribution in [2.24, 2.45) is 23.7 Å². The van der Waals surface area contributed by atoms with Crippen molar-refractivity contribution in [1.82, 2.24) is 4.98 Å². The third-order valence-corrected chi connectivity index (χ3v) is 4.66. The number of pyridine rings is 1. The number of allylic oxidation sites excluding steroid dienone is 2. The van der Waals surface area contributed by atoms with Crippen LogP contribution in [0.5, 0.6) is 0 Å². The molecule has 4 nitrogen and oxygen atoms in total. The largest absolute Gasteiger partial charge is 0.274 e. The standard InChI is InChI=1S/C15H14N2O2/c1-8-3-2-6-16-13(8)17-14(18)11-9-4-5-10(7-9)12(11)15(17)19/h2-6,9-12H,7H2,1H3/t9-,10+,11+,12-. The highest BCUT2D eigenvalue weighted by Gasteiger charge is 2.59. The fourth-order valence-electron chi connectivity index (χ4n) is 3.82. The van der Waals surface area contributed by atoms with Crippen LogP contribution in [0, 0.1) is 30.6 Å². The van der Waals surface area contributed by atoms with Gasteiger partial charge in [0.1, 0.15) is 5.82 Å². The highest BCUT2D eigenvalue weighted by Crippen LogP contribution is 2.53. The molecule has 1 saturated heterocycles. The van der Waals surface area contributed by atoms with Gasteiger partial charge in [0.05, 0.1) is 11.8 Å². The Hall–Kier alpha value is -1.97. The molecule has 2 fully saturated rings. The highest BCUT2D eigenvalue weighted by atomic mass is 16.2. The van der Waals surface area contributed by atoms with Crippen LogP contribution in [-0.2, 0) is 9.59 Å². The Morgan fingerprint density at radius 3 is 2.37 bits per heavy atom. The van der Waals surface area contributed by atoms with E-state index in [9.17, 15) is 9.59 Å². The van der Waals surface area contributed by atoms with E-state index in [0.717, 1.165) is 12.0 Å². The number of aryl methyl sites for hydroxylation is 1. The number of nitrogens with zero attached hydrogens (tertiary/aromatic N) is 2. The molecule has 1 saturated carbocycles. The molecule has 2 aliphatic carbocycles. The number of hydrogen-bond acceptors (Lipinski definition) is 3. The summed E-state index contributed by atoms with van der Waals surface area (Å²) in [6.07, 6.45) is 6.79. The summed E-state index contributed by atoms with van der Waals surface area (Å²) in [5, 5.41) is 0. The van der Waals surface area contributed by atoms with Crippen LogP contribution >= 0.6 is 0 Å². The average molecular weight is 254 g/mol. The first kappa shape index (κ1) is 10.9.